The standard InChI is InChI=1S/C50H31NOS2/c1-50(40-15-6-2-11-33(40)34-12-3-7-16-41(34)50)42-17-10-18-44-49(42)39-28-30(22-25-43(39)52-44)51(31-23-26-47-38(27-31)36-14-5-9-20-46(36)53-47)32-21-24-37-35-13-4-8-19-45(35)54-48(37)29-32/h2-29H,1H3. The van der Waals surface area contributed by atoms with Gasteiger partial charge in [0.05, 0.1) is 0 Å². The Balaban J connectivity index is 1.11. The minimum Gasteiger partial charge on any atom is -0.456 e. The van der Waals surface area contributed by atoms with Crippen molar-refractivity contribution in [2.75, 3.05) is 4.90 Å². The van der Waals surface area contributed by atoms with Crippen LogP contribution in [0.1, 0.15) is 23.6 Å². The van der Waals surface area contributed by atoms with Crippen LogP contribution in [0.3, 0.4) is 0 Å². The Labute approximate surface area is 319 Å². The second kappa shape index (κ2) is 11.2. The molecule has 8 aromatic carbocycles. The van der Waals surface area contributed by atoms with Gasteiger partial charge < -0.3 is 9.32 Å². The highest BCUT2D eigenvalue weighted by atomic mass is 32.1. The molecule has 0 amide bonds. The van der Waals surface area contributed by atoms with Crippen molar-refractivity contribution in [1.29, 1.82) is 0 Å². The summed E-state index contributed by atoms with van der Waals surface area (Å²) in [5, 5.41) is 7.47. The molecular formula is C50H31NOS2. The molecule has 54 heavy (non-hydrogen) atoms. The molecule has 0 atom stereocenters. The van der Waals surface area contributed by atoms with Crippen molar-refractivity contribution in [3.05, 3.63) is 187 Å². The molecule has 1 aliphatic carbocycles. The summed E-state index contributed by atoms with van der Waals surface area (Å²) < 4.78 is 11.9. The van der Waals surface area contributed by atoms with E-state index in [-0.39, 0.29) is 5.41 Å². The van der Waals surface area contributed by atoms with Crippen molar-refractivity contribution in [3.63, 3.8) is 0 Å². The zero-order chi connectivity index (χ0) is 35.5. The number of hydrogen-bond donors (Lipinski definition) is 0. The lowest BCUT2D eigenvalue weighted by Gasteiger charge is -2.29. The molecule has 0 saturated heterocycles. The fourth-order valence-corrected chi connectivity index (χ4v) is 11.5. The molecule has 4 heteroatoms. The van der Waals surface area contributed by atoms with Crippen LogP contribution in [-0.2, 0) is 5.41 Å². The van der Waals surface area contributed by atoms with Crippen LogP contribution in [-0.4, -0.2) is 0 Å². The predicted octanol–water partition coefficient (Wildman–Crippen LogP) is 15.1. The molecule has 0 aliphatic heterocycles. The van der Waals surface area contributed by atoms with Crippen LogP contribution < -0.4 is 4.90 Å². The topological polar surface area (TPSA) is 16.4 Å². The van der Waals surface area contributed by atoms with Gasteiger partial charge >= 0.3 is 0 Å². The van der Waals surface area contributed by atoms with Crippen molar-refractivity contribution < 1.29 is 4.42 Å². The van der Waals surface area contributed by atoms with Crippen LogP contribution in [0.2, 0.25) is 0 Å². The van der Waals surface area contributed by atoms with E-state index in [0.717, 1.165) is 33.6 Å². The first-order valence-electron chi connectivity index (χ1n) is 18.4. The molecule has 0 fully saturated rings. The van der Waals surface area contributed by atoms with E-state index in [4.69, 9.17) is 4.42 Å². The van der Waals surface area contributed by atoms with Crippen molar-refractivity contribution >= 4 is 102 Å². The van der Waals surface area contributed by atoms with Crippen molar-refractivity contribution in [2.24, 2.45) is 0 Å². The molecular weight excluding hydrogens is 695 g/mol. The van der Waals surface area contributed by atoms with Crippen LogP contribution in [0.15, 0.2) is 174 Å². The highest BCUT2D eigenvalue weighted by Crippen LogP contribution is 2.55. The minimum absolute atomic E-state index is 0.351. The molecule has 3 heterocycles. The molecule has 0 saturated carbocycles. The molecule has 0 unspecified atom stereocenters. The Kier molecular flexibility index (Phi) is 6.26. The van der Waals surface area contributed by atoms with E-state index in [1.165, 1.54) is 73.5 Å². The van der Waals surface area contributed by atoms with E-state index < -0.39 is 0 Å². The van der Waals surface area contributed by atoms with Crippen LogP contribution in [0.5, 0.6) is 0 Å². The quantitative estimate of drug-likeness (QED) is 0.180. The average Bonchev–Trinajstić information content (AvgIpc) is 3.96. The van der Waals surface area contributed by atoms with Gasteiger partial charge in [-0.15, -0.1) is 22.7 Å². The SMILES string of the molecule is CC1(c2cccc3oc4ccc(N(c5ccc6c(c5)sc5ccccc56)c5ccc6sc7ccccc7c6c5)cc4c23)c2ccccc2-c2ccccc21. The van der Waals surface area contributed by atoms with Gasteiger partial charge in [0.15, 0.2) is 0 Å². The Morgan fingerprint density at radius 2 is 0.944 bits per heavy atom. The summed E-state index contributed by atoms with van der Waals surface area (Å²) in [6, 6.07) is 62.5. The number of benzene rings is 8. The van der Waals surface area contributed by atoms with Gasteiger partial charge in [0.1, 0.15) is 11.2 Å². The molecule has 254 valence electrons. The molecule has 12 rings (SSSR count). The van der Waals surface area contributed by atoms with E-state index in [9.17, 15) is 0 Å². The molecule has 0 N–H and O–H groups in total. The van der Waals surface area contributed by atoms with E-state index >= 15 is 0 Å². The minimum atomic E-state index is -0.351. The maximum absolute atomic E-state index is 6.69. The lowest BCUT2D eigenvalue weighted by Crippen LogP contribution is -2.22. The number of hydrogen-bond acceptors (Lipinski definition) is 4. The Bertz CT molecular complexity index is 3280. The molecule has 2 nitrogen and oxygen atoms in total. The van der Waals surface area contributed by atoms with Gasteiger partial charge in [0, 0.05) is 73.6 Å². The molecule has 1 aliphatic rings. The van der Waals surface area contributed by atoms with Crippen LogP contribution >= 0.6 is 22.7 Å². The number of nitrogens with zero attached hydrogens (tertiary/aromatic N) is 1. The lowest BCUT2D eigenvalue weighted by molar-refractivity contribution is 0.666. The zero-order valence-corrected chi connectivity index (χ0v) is 31.0. The fraction of sp³-hybridized carbons (Fsp3) is 0.0400. The van der Waals surface area contributed by atoms with Gasteiger partial charge in [-0.1, -0.05) is 103 Å². The maximum Gasteiger partial charge on any atom is 0.135 e. The van der Waals surface area contributed by atoms with E-state index in [1.807, 2.05) is 22.7 Å². The Morgan fingerprint density at radius 3 is 1.70 bits per heavy atom. The van der Waals surface area contributed by atoms with Crippen LogP contribution in [0.25, 0.3) is 73.4 Å². The molecule has 3 aromatic heterocycles. The summed E-state index contributed by atoms with van der Waals surface area (Å²) in [5.41, 5.74) is 11.3. The van der Waals surface area contributed by atoms with Gasteiger partial charge in [-0.05, 0) is 101 Å². The lowest BCUT2D eigenvalue weighted by atomic mass is 9.73. The zero-order valence-electron chi connectivity index (χ0n) is 29.3. The summed E-state index contributed by atoms with van der Waals surface area (Å²) in [5.74, 6) is 0. The average molecular weight is 726 g/mol. The van der Waals surface area contributed by atoms with Gasteiger partial charge in [-0.3, -0.25) is 0 Å². The smallest absolute Gasteiger partial charge is 0.135 e. The van der Waals surface area contributed by atoms with E-state index in [0.29, 0.717) is 0 Å². The van der Waals surface area contributed by atoms with Crippen molar-refractivity contribution in [3.8, 4) is 11.1 Å². The van der Waals surface area contributed by atoms with Crippen LogP contribution in [0.4, 0.5) is 17.1 Å². The van der Waals surface area contributed by atoms with Crippen LogP contribution in [0, 0.1) is 0 Å². The second-order valence-corrected chi connectivity index (χ2v) is 16.7. The number of thiophene rings is 2. The molecule has 0 radical (unpaired) electrons. The largest absolute Gasteiger partial charge is 0.456 e. The Hall–Kier alpha value is -6.20. The second-order valence-electron chi connectivity index (χ2n) is 14.6. The maximum atomic E-state index is 6.69. The van der Waals surface area contributed by atoms with Crippen molar-refractivity contribution in [1.82, 2.24) is 0 Å². The first kappa shape index (κ1) is 30.3. The third-order valence-corrected chi connectivity index (χ3v) is 14.0. The number of anilines is 3. The molecule has 0 bridgehead atoms. The van der Waals surface area contributed by atoms with Gasteiger partial charge in [0.2, 0.25) is 0 Å². The summed E-state index contributed by atoms with van der Waals surface area (Å²) in [7, 11) is 0. The van der Waals surface area contributed by atoms with Gasteiger partial charge in [-0.25, -0.2) is 0 Å². The first-order valence-corrected chi connectivity index (χ1v) is 20.0. The van der Waals surface area contributed by atoms with E-state index in [2.05, 4.69) is 182 Å². The summed E-state index contributed by atoms with van der Waals surface area (Å²) in [4.78, 5) is 2.43. The van der Waals surface area contributed by atoms with Gasteiger partial charge in [0.25, 0.3) is 0 Å². The summed E-state index contributed by atoms with van der Waals surface area (Å²) in [6.07, 6.45) is 0. The highest BCUT2D eigenvalue weighted by molar-refractivity contribution is 7.26. The summed E-state index contributed by atoms with van der Waals surface area (Å²) >= 11 is 3.72. The number of furan rings is 1. The highest BCUT2D eigenvalue weighted by Gasteiger charge is 2.42. The predicted molar refractivity (Wildman–Crippen MR) is 232 cm³/mol. The van der Waals surface area contributed by atoms with Gasteiger partial charge in [-0.2, -0.15) is 0 Å². The van der Waals surface area contributed by atoms with E-state index in [1.54, 1.807) is 0 Å². The normalized spacial score (nSPS) is 13.4. The first-order chi connectivity index (χ1) is 26.6. The Morgan fingerprint density at radius 1 is 0.407 bits per heavy atom. The third-order valence-electron chi connectivity index (χ3n) is 11.7. The third kappa shape index (κ3) is 4.15. The number of fused-ring (bicyclic) bond motifs is 12. The monoisotopic (exact) mass is 725 g/mol. The summed E-state index contributed by atoms with van der Waals surface area (Å²) in [6.45, 7) is 2.39. The van der Waals surface area contributed by atoms with Crippen molar-refractivity contribution in [2.45, 2.75) is 12.3 Å². The fourth-order valence-electron chi connectivity index (χ4n) is 9.27. The number of rotatable bonds is 4. The molecule has 11 aromatic rings. The molecule has 0 spiro atoms.